The molecule has 0 bridgehead atoms. The second-order valence-electron chi connectivity index (χ2n) is 9.53. The molecule has 0 saturated heterocycles. The Labute approximate surface area is 187 Å². The lowest BCUT2D eigenvalue weighted by Crippen LogP contribution is -2.31. The van der Waals surface area contributed by atoms with Crippen LogP contribution < -0.4 is 5.73 Å². The molecule has 3 nitrogen and oxygen atoms in total. The topological polar surface area (TPSA) is 59.0 Å². The summed E-state index contributed by atoms with van der Waals surface area (Å²) in [7, 11) is 0. The fourth-order valence-corrected chi connectivity index (χ4v) is 4.56. The summed E-state index contributed by atoms with van der Waals surface area (Å²) in [6.07, 6.45) is 3.34. The first-order chi connectivity index (χ1) is 15.2. The van der Waals surface area contributed by atoms with Gasteiger partial charge in [0.2, 0.25) is 5.88 Å². The van der Waals surface area contributed by atoms with Crippen LogP contribution in [0.3, 0.4) is 0 Å². The van der Waals surface area contributed by atoms with Crippen molar-refractivity contribution in [3.63, 3.8) is 0 Å². The van der Waals surface area contributed by atoms with Gasteiger partial charge >= 0.3 is 0 Å². The van der Waals surface area contributed by atoms with Gasteiger partial charge in [-0.05, 0) is 76.8 Å². The number of rotatable bonds is 2. The second kappa shape index (κ2) is 8.27. The molecule has 2 atom stereocenters. The van der Waals surface area contributed by atoms with Crippen molar-refractivity contribution in [2.45, 2.75) is 39.5 Å². The zero-order chi connectivity index (χ0) is 23.0. The van der Waals surface area contributed by atoms with Crippen molar-refractivity contribution in [1.29, 1.82) is 5.26 Å². The maximum absolute atomic E-state index is 14.1. The van der Waals surface area contributed by atoms with E-state index in [-0.39, 0.29) is 34.4 Å². The lowest BCUT2D eigenvalue weighted by atomic mass is 9.66. The van der Waals surface area contributed by atoms with Crippen LogP contribution >= 0.6 is 0 Å². The summed E-state index contributed by atoms with van der Waals surface area (Å²) in [5, 5.41) is 9.87. The molecular formula is C27H26F2N2O. The number of nitrogens with zero attached hydrogens (tertiary/aromatic N) is 1. The Bertz CT molecular complexity index is 1190. The third-order valence-electron chi connectivity index (χ3n) is 6.35. The third kappa shape index (κ3) is 4.18. The Kier molecular flexibility index (Phi) is 5.64. The molecule has 0 unspecified atom stereocenters. The minimum atomic E-state index is -0.486. The highest BCUT2D eigenvalue weighted by atomic mass is 19.1. The average Bonchev–Trinajstić information content (AvgIpc) is 2.72. The van der Waals surface area contributed by atoms with Gasteiger partial charge in [-0.2, -0.15) is 5.26 Å². The first-order valence-electron chi connectivity index (χ1n) is 10.7. The molecule has 4 rings (SSSR count). The molecule has 1 heterocycles. The quantitative estimate of drug-likeness (QED) is 0.584. The van der Waals surface area contributed by atoms with E-state index >= 15 is 0 Å². The number of hydrogen-bond acceptors (Lipinski definition) is 3. The molecule has 2 aliphatic rings. The van der Waals surface area contributed by atoms with Crippen molar-refractivity contribution in [3.8, 4) is 6.07 Å². The van der Waals surface area contributed by atoms with E-state index in [2.05, 4.69) is 26.8 Å². The van der Waals surface area contributed by atoms with Crippen LogP contribution in [0.4, 0.5) is 8.78 Å². The van der Waals surface area contributed by atoms with Gasteiger partial charge in [0.05, 0.1) is 0 Å². The summed E-state index contributed by atoms with van der Waals surface area (Å²) in [6, 6.07) is 14.8. The zero-order valence-corrected chi connectivity index (χ0v) is 18.5. The summed E-state index contributed by atoms with van der Waals surface area (Å²) in [4.78, 5) is 0. The molecule has 0 aromatic heterocycles. The maximum Gasteiger partial charge on any atom is 0.205 e. The van der Waals surface area contributed by atoms with E-state index in [0.717, 1.165) is 23.1 Å². The first kappa shape index (κ1) is 21.8. The summed E-state index contributed by atoms with van der Waals surface area (Å²) in [5.74, 6) is -0.281. The number of hydrogen-bond donors (Lipinski definition) is 1. The van der Waals surface area contributed by atoms with Crippen molar-refractivity contribution in [1.82, 2.24) is 0 Å². The Morgan fingerprint density at radius 1 is 1.06 bits per heavy atom. The summed E-state index contributed by atoms with van der Waals surface area (Å²) >= 11 is 0. The fourth-order valence-electron chi connectivity index (χ4n) is 4.56. The van der Waals surface area contributed by atoms with E-state index in [1.54, 1.807) is 12.1 Å². The number of nitrogens with two attached hydrogens (primary N) is 1. The van der Waals surface area contributed by atoms with Gasteiger partial charge in [0.1, 0.15) is 29.0 Å². The minimum Gasteiger partial charge on any atom is -0.440 e. The van der Waals surface area contributed by atoms with E-state index in [1.807, 2.05) is 18.2 Å². The van der Waals surface area contributed by atoms with Crippen LogP contribution in [0, 0.1) is 34.3 Å². The van der Waals surface area contributed by atoms with Crippen molar-refractivity contribution < 1.29 is 13.5 Å². The van der Waals surface area contributed by atoms with E-state index in [0.29, 0.717) is 17.7 Å². The predicted octanol–water partition coefficient (Wildman–Crippen LogP) is 6.57. The van der Waals surface area contributed by atoms with Gasteiger partial charge in [-0.3, -0.25) is 0 Å². The highest BCUT2D eigenvalue weighted by molar-refractivity contribution is 5.62. The zero-order valence-electron chi connectivity index (χ0n) is 18.5. The van der Waals surface area contributed by atoms with Crippen LogP contribution in [-0.2, 0) is 4.74 Å². The highest BCUT2D eigenvalue weighted by Gasteiger charge is 2.41. The molecule has 0 spiro atoms. The SMILES string of the molecule is CC(C)(C)[C@H]1CC2=C(OC(N)=C(C#N)[C@H]2c2cccc(F)c2)/C(=C\c2cccc(F)c2)C1. The van der Waals surface area contributed by atoms with E-state index in [9.17, 15) is 14.0 Å². The monoisotopic (exact) mass is 432 g/mol. The van der Waals surface area contributed by atoms with Gasteiger partial charge in [0.25, 0.3) is 0 Å². The van der Waals surface area contributed by atoms with Gasteiger partial charge in [-0.15, -0.1) is 0 Å². The lowest BCUT2D eigenvalue weighted by Gasteiger charge is -2.41. The molecule has 32 heavy (non-hydrogen) atoms. The summed E-state index contributed by atoms with van der Waals surface area (Å²) in [6.45, 7) is 6.54. The molecule has 164 valence electrons. The molecule has 2 N–H and O–H groups in total. The van der Waals surface area contributed by atoms with Crippen molar-refractivity contribution in [2.24, 2.45) is 17.1 Å². The van der Waals surface area contributed by atoms with Gasteiger partial charge in [-0.1, -0.05) is 45.0 Å². The Balaban J connectivity index is 1.92. The first-order valence-corrected chi connectivity index (χ1v) is 10.7. The Hall–Kier alpha value is -3.39. The van der Waals surface area contributed by atoms with Crippen molar-refractivity contribution in [3.05, 3.63) is 99.7 Å². The van der Waals surface area contributed by atoms with E-state index in [1.165, 1.54) is 24.3 Å². The Morgan fingerprint density at radius 3 is 2.38 bits per heavy atom. The molecule has 1 aliphatic carbocycles. The largest absolute Gasteiger partial charge is 0.440 e. The van der Waals surface area contributed by atoms with Crippen LogP contribution in [0.15, 0.2) is 76.9 Å². The summed E-state index contributed by atoms with van der Waals surface area (Å²) < 4.78 is 34.0. The predicted molar refractivity (Wildman–Crippen MR) is 121 cm³/mol. The molecule has 0 fully saturated rings. The number of halogens is 2. The smallest absolute Gasteiger partial charge is 0.205 e. The van der Waals surface area contributed by atoms with Crippen LogP contribution in [0.5, 0.6) is 0 Å². The molecule has 0 amide bonds. The number of nitriles is 1. The van der Waals surface area contributed by atoms with Gasteiger partial charge in [-0.25, -0.2) is 8.78 Å². The van der Waals surface area contributed by atoms with Crippen LogP contribution in [0.2, 0.25) is 0 Å². The van der Waals surface area contributed by atoms with Crippen molar-refractivity contribution in [2.75, 3.05) is 0 Å². The number of allylic oxidation sites excluding steroid dienone is 3. The molecule has 2 aromatic carbocycles. The van der Waals surface area contributed by atoms with Gasteiger partial charge in [0, 0.05) is 5.92 Å². The normalized spacial score (nSPS) is 22.4. The third-order valence-corrected chi connectivity index (χ3v) is 6.35. The molecular weight excluding hydrogens is 406 g/mol. The highest BCUT2D eigenvalue weighted by Crippen LogP contribution is 2.51. The standard InChI is InChI=1S/C27H26F2N2O/c1-27(2,3)19-12-18(10-16-6-4-8-20(28)11-16)25-22(14-19)24(23(15-30)26(31)32-25)17-7-5-9-21(29)13-17/h4-11,13,19,24H,12,14,31H2,1-3H3/b18-10-/t19-,24+/m1/s1. The van der Waals surface area contributed by atoms with Gasteiger partial charge in [0.15, 0.2) is 0 Å². The molecule has 0 saturated carbocycles. The van der Waals surface area contributed by atoms with Crippen LogP contribution in [-0.4, -0.2) is 0 Å². The van der Waals surface area contributed by atoms with Crippen LogP contribution in [0.1, 0.15) is 50.7 Å². The molecule has 2 aromatic rings. The minimum absolute atomic E-state index is 0.0223. The molecule has 1 aliphatic heterocycles. The fraction of sp³-hybridized carbons (Fsp3) is 0.296. The summed E-state index contributed by atoms with van der Waals surface area (Å²) in [5.41, 5.74) is 9.65. The van der Waals surface area contributed by atoms with Crippen LogP contribution in [0.25, 0.3) is 6.08 Å². The average molecular weight is 433 g/mol. The molecule has 0 radical (unpaired) electrons. The second-order valence-corrected chi connectivity index (χ2v) is 9.53. The molecule has 5 heteroatoms. The number of ether oxygens (including phenoxy) is 1. The van der Waals surface area contributed by atoms with Gasteiger partial charge < -0.3 is 10.5 Å². The van der Waals surface area contributed by atoms with E-state index in [4.69, 9.17) is 10.5 Å². The maximum atomic E-state index is 14.1. The Morgan fingerprint density at radius 2 is 1.75 bits per heavy atom. The van der Waals surface area contributed by atoms with E-state index < -0.39 is 5.92 Å². The van der Waals surface area contributed by atoms with Crippen molar-refractivity contribution >= 4 is 6.08 Å². The lowest BCUT2D eigenvalue weighted by molar-refractivity contribution is 0.200. The number of benzene rings is 2.